The van der Waals surface area contributed by atoms with Gasteiger partial charge in [-0.3, -0.25) is 4.79 Å². The molecule has 0 saturated heterocycles. The van der Waals surface area contributed by atoms with Crippen molar-refractivity contribution >= 4 is 18.0 Å². The fourth-order valence-corrected chi connectivity index (χ4v) is 2.06. The van der Waals surface area contributed by atoms with Gasteiger partial charge >= 0.3 is 5.97 Å². The molecule has 1 amide bonds. The number of carbonyl (C=O) groups is 2. The second kappa shape index (κ2) is 10.0. The minimum absolute atomic E-state index is 0.125. The summed E-state index contributed by atoms with van der Waals surface area (Å²) >= 11 is 0. The lowest BCUT2D eigenvalue weighted by Crippen LogP contribution is -2.22. The molecule has 24 heavy (non-hydrogen) atoms. The van der Waals surface area contributed by atoms with Crippen LogP contribution in [0, 0.1) is 0 Å². The summed E-state index contributed by atoms with van der Waals surface area (Å²) in [6.45, 7) is 0.907. The summed E-state index contributed by atoms with van der Waals surface area (Å²) in [5, 5.41) is 2.81. The second-order valence-electron chi connectivity index (χ2n) is 5.24. The van der Waals surface area contributed by atoms with Gasteiger partial charge in [0.1, 0.15) is 0 Å². The molecule has 0 heterocycles. The largest absolute Gasteiger partial charge is 0.462 e. The average Bonchev–Trinajstić information content (AvgIpc) is 2.64. The first-order valence-corrected chi connectivity index (χ1v) is 7.99. The lowest BCUT2D eigenvalue weighted by molar-refractivity contribution is -0.116. The molecule has 2 aromatic carbocycles. The van der Waals surface area contributed by atoms with Gasteiger partial charge in [-0.05, 0) is 36.6 Å². The van der Waals surface area contributed by atoms with Crippen LogP contribution in [0.2, 0.25) is 0 Å². The number of hydrogen-bond acceptors (Lipinski definition) is 3. The Morgan fingerprint density at radius 1 is 0.917 bits per heavy atom. The lowest BCUT2D eigenvalue weighted by atomic mass is 10.2. The highest BCUT2D eigenvalue weighted by Gasteiger charge is 2.04. The van der Waals surface area contributed by atoms with Crippen molar-refractivity contribution in [2.75, 3.05) is 13.2 Å². The maximum Gasteiger partial charge on any atom is 0.338 e. The number of nitrogens with one attached hydrogen (secondary N) is 1. The summed E-state index contributed by atoms with van der Waals surface area (Å²) in [6.07, 6.45) is 4.76. The van der Waals surface area contributed by atoms with Crippen LogP contribution in [0.15, 0.2) is 66.7 Å². The molecule has 4 heteroatoms. The van der Waals surface area contributed by atoms with Crippen LogP contribution in [0.3, 0.4) is 0 Å². The molecule has 4 nitrogen and oxygen atoms in total. The smallest absolute Gasteiger partial charge is 0.338 e. The predicted octanol–water partition coefficient (Wildman–Crippen LogP) is 3.45. The first-order valence-electron chi connectivity index (χ1n) is 7.99. The van der Waals surface area contributed by atoms with E-state index in [9.17, 15) is 9.59 Å². The Balaban J connectivity index is 1.56. The van der Waals surface area contributed by atoms with Gasteiger partial charge in [-0.2, -0.15) is 0 Å². The predicted molar refractivity (Wildman–Crippen MR) is 94.4 cm³/mol. The molecule has 124 valence electrons. The Morgan fingerprint density at radius 3 is 2.29 bits per heavy atom. The van der Waals surface area contributed by atoms with Crippen molar-refractivity contribution in [1.29, 1.82) is 0 Å². The molecule has 0 aliphatic rings. The summed E-state index contributed by atoms with van der Waals surface area (Å²) in [4.78, 5) is 23.4. The third-order valence-corrected chi connectivity index (χ3v) is 3.34. The highest BCUT2D eigenvalue weighted by atomic mass is 16.5. The van der Waals surface area contributed by atoms with E-state index in [1.807, 2.05) is 36.4 Å². The fourth-order valence-electron chi connectivity index (χ4n) is 2.06. The molecule has 0 atom stereocenters. The number of unbranched alkanes of at least 4 members (excludes halogenated alkanes) is 1. The Morgan fingerprint density at radius 2 is 1.58 bits per heavy atom. The van der Waals surface area contributed by atoms with Gasteiger partial charge in [0.05, 0.1) is 12.2 Å². The zero-order chi connectivity index (χ0) is 17.0. The van der Waals surface area contributed by atoms with Crippen LogP contribution in [-0.4, -0.2) is 25.0 Å². The Kier molecular flexibility index (Phi) is 7.28. The molecule has 1 N–H and O–H groups in total. The highest BCUT2D eigenvalue weighted by Crippen LogP contribution is 2.02. The van der Waals surface area contributed by atoms with Gasteiger partial charge in [0.25, 0.3) is 0 Å². The SMILES string of the molecule is O=C(C=Cc1ccccc1)NCCCCOC(=O)c1ccccc1. The number of carbonyl (C=O) groups excluding carboxylic acids is 2. The third-order valence-electron chi connectivity index (χ3n) is 3.34. The quantitative estimate of drug-likeness (QED) is 0.460. The normalized spacial score (nSPS) is 10.5. The van der Waals surface area contributed by atoms with Crippen LogP contribution in [-0.2, 0) is 9.53 Å². The first kappa shape index (κ1) is 17.5. The van der Waals surface area contributed by atoms with Crippen molar-refractivity contribution in [2.24, 2.45) is 0 Å². The van der Waals surface area contributed by atoms with Crippen molar-refractivity contribution in [2.45, 2.75) is 12.8 Å². The van der Waals surface area contributed by atoms with E-state index in [1.165, 1.54) is 6.08 Å². The topological polar surface area (TPSA) is 55.4 Å². The van der Waals surface area contributed by atoms with E-state index >= 15 is 0 Å². The molecule has 0 fully saturated rings. The zero-order valence-corrected chi connectivity index (χ0v) is 13.5. The molecule has 0 bridgehead atoms. The van der Waals surface area contributed by atoms with E-state index in [0.717, 1.165) is 12.0 Å². The van der Waals surface area contributed by atoms with Gasteiger partial charge in [0.2, 0.25) is 5.91 Å². The van der Waals surface area contributed by atoms with Gasteiger partial charge in [-0.15, -0.1) is 0 Å². The molecule has 0 unspecified atom stereocenters. The zero-order valence-electron chi connectivity index (χ0n) is 13.5. The number of amides is 1. The van der Waals surface area contributed by atoms with Gasteiger partial charge in [0, 0.05) is 12.6 Å². The number of ether oxygens (including phenoxy) is 1. The first-order chi connectivity index (χ1) is 11.8. The molecule has 2 aromatic rings. The summed E-state index contributed by atoms with van der Waals surface area (Å²) in [7, 11) is 0. The molecular formula is C20H21NO3. The fraction of sp³-hybridized carbons (Fsp3) is 0.200. The average molecular weight is 323 g/mol. The van der Waals surface area contributed by atoms with Crippen LogP contribution in [0.25, 0.3) is 6.08 Å². The molecular weight excluding hydrogens is 302 g/mol. The summed E-state index contributed by atoms with van der Waals surface area (Å²) in [6, 6.07) is 18.6. The van der Waals surface area contributed by atoms with E-state index in [0.29, 0.717) is 25.1 Å². The number of hydrogen-bond donors (Lipinski definition) is 1. The summed E-state index contributed by atoms with van der Waals surface area (Å²) < 4.78 is 5.17. The van der Waals surface area contributed by atoms with E-state index < -0.39 is 0 Å². The van der Waals surface area contributed by atoms with Crippen LogP contribution in [0.1, 0.15) is 28.8 Å². The van der Waals surface area contributed by atoms with E-state index in [2.05, 4.69) is 5.32 Å². The summed E-state index contributed by atoms with van der Waals surface area (Å²) in [5.74, 6) is -0.439. The van der Waals surface area contributed by atoms with Gasteiger partial charge in [-0.25, -0.2) is 4.79 Å². The Labute approximate surface area is 142 Å². The molecule has 2 rings (SSSR count). The van der Waals surface area contributed by atoms with E-state index in [1.54, 1.807) is 30.3 Å². The Bertz CT molecular complexity index is 666. The maximum atomic E-state index is 11.7. The van der Waals surface area contributed by atoms with Gasteiger partial charge < -0.3 is 10.1 Å². The Hall–Kier alpha value is -2.88. The van der Waals surface area contributed by atoms with Crippen molar-refractivity contribution in [1.82, 2.24) is 5.32 Å². The van der Waals surface area contributed by atoms with Crippen molar-refractivity contribution < 1.29 is 14.3 Å². The van der Waals surface area contributed by atoms with Gasteiger partial charge in [-0.1, -0.05) is 48.5 Å². The minimum atomic E-state index is -0.314. The molecule has 0 saturated carbocycles. The monoisotopic (exact) mass is 323 g/mol. The number of rotatable bonds is 8. The highest BCUT2D eigenvalue weighted by molar-refractivity contribution is 5.91. The van der Waals surface area contributed by atoms with Crippen molar-refractivity contribution in [3.8, 4) is 0 Å². The van der Waals surface area contributed by atoms with E-state index in [-0.39, 0.29) is 11.9 Å². The minimum Gasteiger partial charge on any atom is -0.462 e. The number of benzene rings is 2. The lowest BCUT2D eigenvalue weighted by Gasteiger charge is -2.05. The maximum absolute atomic E-state index is 11.7. The van der Waals surface area contributed by atoms with Crippen LogP contribution in [0.5, 0.6) is 0 Å². The van der Waals surface area contributed by atoms with Crippen LogP contribution >= 0.6 is 0 Å². The van der Waals surface area contributed by atoms with Crippen LogP contribution in [0.4, 0.5) is 0 Å². The third kappa shape index (κ3) is 6.48. The molecule has 0 aliphatic carbocycles. The van der Waals surface area contributed by atoms with Crippen molar-refractivity contribution in [3.05, 3.63) is 77.9 Å². The second-order valence-corrected chi connectivity index (χ2v) is 5.24. The van der Waals surface area contributed by atoms with Gasteiger partial charge in [0.15, 0.2) is 0 Å². The standard InChI is InChI=1S/C20H21NO3/c22-19(14-13-17-9-3-1-4-10-17)21-15-7-8-16-24-20(23)18-11-5-2-6-12-18/h1-6,9-14H,7-8,15-16H2,(H,21,22). The molecule has 0 aromatic heterocycles. The molecule has 0 spiro atoms. The molecule has 0 aliphatic heterocycles. The summed E-state index contributed by atoms with van der Waals surface area (Å²) in [5.41, 5.74) is 1.54. The molecule has 0 radical (unpaired) electrons. The number of esters is 1. The van der Waals surface area contributed by atoms with E-state index in [4.69, 9.17) is 4.74 Å². The van der Waals surface area contributed by atoms with Crippen LogP contribution < -0.4 is 5.32 Å². The van der Waals surface area contributed by atoms with Crippen molar-refractivity contribution in [3.63, 3.8) is 0 Å².